The maximum atomic E-state index is 12.8. The van der Waals surface area contributed by atoms with Gasteiger partial charge in [0, 0.05) is 33.8 Å². The summed E-state index contributed by atoms with van der Waals surface area (Å²) in [4.78, 5) is 12.8. The molecule has 1 saturated carbocycles. The maximum Gasteiger partial charge on any atom is 0.316 e. The number of carbonyl (C=O) groups excluding carboxylic acids is 1. The normalized spacial score (nSPS) is 25.2. The quantitative estimate of drug-likeness (QED) is 0.229. The SMILES string of the molecule is COC1[C@H](OC)C(COC(=O)CSc2nnc(Br)n2-c2ccc(C3CC3)c3ccccc23)O[C@@H](OC)[C@H]1OC. The summed E-state index contributed by atoms with van der Waals surface area (Å²) in [6.07, 6.45) is -0.310. The molecule has 1 aliphatic heterocycles. The molecule has 2 heterocycles. The highest BCUT2D eigenvalue weighted by Gasteiger charge is 2.47. The average molecular weight is 623 g/mol. The largest absolute Gasteiger partial charge is 0.462 e. The molecule has 2 unspecified atom stereocenters. The van der Waals surface area contributed by atoms with Gasteiger partial charge in [0.2, 0.25) is 4.73 Å². The molecule has 0 amide bonds. The molecule has 0 N–H and O–H groups in total. The van der Waals surface area contributed by atoms with Gasteiger partial charge in [-0.2, -0.15) is 0 Å². The van der Waals surface area contributed by atoms with E-state index in [9.17, 15) is 4.79 Å². The van der Waals surface area contributed by atoms with Gasteiger partial charge in [-0.1, -0.05) is 42.1 Å². The van der Waals surface area contributed by atoms with Crippen molar-refractivity contribution in [2.75, 3.05) is 40.8 Å². The van der Waals surface area contributed by atoms with E-state index in [1.54, 1.807) is 21.3 Å². The Labute approximate surface area is 239 Å². The summed E-state index contributed by atoms with van der Waals surface area (Å²) in [7, 11) is 6.19. The van der Waals surface area contributed by atoms with Crippen LogP contribution in [0.1, 0.15) is 24.3 Å². The molecule has 0 spiro atoms. The fourth-order valence-corrected chi connectivity index (χ4v) is 6.44. The van der Waals surface area contributed by atoms with E-state index in [2.05, 4.69) is 56.5 Å². The molecule has 2 aromatic carbocycles. The Kier molecular flexibility index (Phi) is 9.22. The van der Waals surface area contributed by atoms with Gasteiger partial charge in [0.05, 0.1) is 11.4 Å². The molecule has 2 fully saturated rings. The van der Waals surface area contributed by atoms with Crippen molar-refractivity contribution in [1.29, 1.82) is 0 Å². The highest BCUT2D eigenvalue weighted by atomic mass is 79.9. The maximum absolute atomic E-state index is 12.8. The lowest BCUT2D eigenvalue weighted by molar-refractivity contribution is -0.307. The number of carbonyl (C=O) groups is 1. The number of esters is 1. The predicted octanol–water partition coefficient (Wildman–Crippen LogP) is 4.11. The van der Waals surface area contributed by atoms with Crippen LogP contribution in [0.5, 0.6) is 0 Å². The fourth-order valence-electron chi connectivity index (χ4n) is 5.14. The van der Waals surface area contributed by atoms with E-state index in [4.69, 9.17) is 28.4 Å². The number of hydrogen-bond acceptors (Lipinski definition) is 10. The Morgan fingerprint density at radius 3 is 2.36 bits per heavy atom. The van der Waals surface area contributed by atoms with Crippen molar-refractivity contribution in [3.8, 4) is 5.69 Å². The topological polar surface area (TPSA) is 103 Å². The molecular formula is C27H32BrN3O7S. The molecule has 39 heavy (non-hydrogen) atoms. The lowest BCUT2D eigenvalue weighted by Gasteiger charge is -2.43. The van der Waals surface area contributed by atoms with Crippen molar-refractivity contribution >= 4 is 44.4 Å². The lowest BCUT2D eigenvalue weighted by atomic mass is 9.98. The minimum Gasteiger partial charge on any atom is -0.462 e. The molecular weight excluding hydrogens is 590 g/mol. The van der Waals surface area contributed by atoms with Gasteiger partial charge in [0.1, 0.15) is 31.0 Å². The second-order valence-corrected chi connectivity index (χ2v) is 11.1. The van der Waals surface area contributed by atoms with Gasteiger partial charge in [-0.15, -0.1) is 10.2 Å². The number of methoxy groups -OCH3 is 4. The highest BCUT2D eigenvalue weighted by Crippen LogP contribution is 2.44. The van der Waals surface area contributed by atoms with E-state index in [0.29, 0.717) is 15.8 Å². The number of benzene rings is 2. The smallest absolute Gasteiger partial charge is 0.316 e. The number of aromatic nitrogens is 3. The van der Waals surface area contributed by atoms with Crippen LogP contribution in [0.25, 0.3) is 16.5 Å². The molecule has 5 rings (SSSR count). The molecule has 1 aliphatic carbocycles. The molecule has 1 aromatic heterocycles. The van der Waals surface area contributed by atoms with Crippen LogP contribution in [0.4, 0.5) is 0 Å². The number of halogens is 1. The zero-order chi connectivity index (χ0) is 27.5. The van der Waals surface area contributed by atoms with Crippen LogP contribution in [0.3, 0.4) is 0 Å². The molecule has 1 saturated heterocycles. The number of ether oxygens (including phenoxy) is 6. The summed E-state index contributed by atoms with van der Waals surface area (Å²) in [5.41, 5.74) is 2.32. The zero-order valence-corrected chi connectivity index (χ0v) is 24.6. The van der Waals surface area contributed by atoms with Crippen molar-refractivity contribution in [2.24, 2.45) is 0 Å². The third-order valence-corrected chi connectivity index (χ3v) is 8.57. The van der Waals surface area contributed by atoms with Crippen LogP contribution in [0, 0.1) is 0 Å². The summed E-state index contributed by atoms with van der Waals surface area (Å²) in [5.74, 6) is 0.242. The van der Waals surface area contributed by atoms with Crippen LogP contribution in [0.2, 0.25) is 0 Å². The minimum atomic E-state index is -0.693. The molecule has 2 aliphatic rings. The number of fused-ring (bicyclic) bond motifs is 1. The van der Waals surface area contributed by atoms with Gasteiger partial charge in [0.15, 0.2) is 11.4 Å². The summed E-state index contributed by atoms with van der Waals surface area (Å²) in [6, 6.07) is 12.7. The van der Waals surface area contributed by atoms with Crippen LogP contribution < -0.4 is 0 Å². The molecule has 12 heteroatoms. The Morgan fingerprint density at radius 1 is 0.974 bits per heavy atom. The van der Waals surface area contributed by atoms with E-state index in [-0.39, 0.29) is 12.4 Å². The van der Waals surface area contributed by atoms with Crippen molar-refractivity contribution in [3.63, 3.8) is 0 Å². The number of rotatable bonds is 11. The molecule has 0 radical (unpaired) electrons. The van der Waals surface area contributed by atoms with E-state index in [1.165, 1.54) is 42.7 Å². The fraction of sp³-hybridized carbons (Fsp3) is 0.519. The van der Waals surface area contributed by atoms with Gasteiger partial charge in [-0.05, 0) is 51.7 Å². The number of hydrogen-bond donors (Lipinski definition) is 0. The Hall–Kier alpha value is -2.06. The highest BCUT2D eigenvalue weighted by molar-refractivity contribution is 9.10. The Balaban J connectivity index is 1.27. The third kappa shape index (κ3) is 5.88. The third-order valence-electron chi connectivity index (χ3n) is 7.15. The van der Waals surface area contributed by atoms with Gasteiger partial charge >= 0.3 is 5.97 Å². The monoisotopic (exact) mass is 621 g/mol. The first-order valence-electron chi connectivity index (χ1n) is 12.7. The van der Waals surface area contributed by atoms with Gasteiger partial charge in [-0.3, -0.25) is 9.36 Å². The zero-order valence-electron chi connectivity index (χ0n) is 22.2. The van der Waals surface area contributed by atoms with Crippen LogP contribution in [-0.4, -0.2) is 92.2 Å². The first-order valence-corrected chi connectivity index (χ1v) is 14.5. The second kappa shape index (κ2) is 12.6. The number of thioether (sulfide) groups is 1. The van der Waals surface area contributed by atoms with E-state index < -0.39 is 36.7 Å². The summed E-state index contributed by atoms with van der Waals surface area (Å²) < 4.78 is 36.2. The summed E-state index contributed by atoms with van der Waals surface area (Å²) >= 11 is 4.79. The van der Waals surface area contributed by atoms with E-state index in [0.717, 1.165) is 11.1 Å². The van der Waals surface area contributed by atoms with Crippen molar-refractivity contribution in [3.05, 3.63) is 46.7 Å². The average Bonchev–Trinajstić information content (AvgIpc) is 3.75. The van der Waals surface area contributed by atoms with Crippen molar-refractivity contribution in [2.45, 2.75) is 54.6 Å². The van der Waals surface area contributed by atoms with Crippen molar-refractivity contribution in [1.82, 2.24) is 14.8 Å². The molecule has 210 valence electrons. The van der Waals surface area contributed by atoms with Crippen LogP contribution in [-0.2, 0) is 33.2 Å². The second-order valence-electron chi connectivity index (χ2n) is 9.43. The standard InChI is InChI=1S/C27H32BrN3O7S/c1-33-22-20(38-25(36-4)24(35-3)23(22)34-2)13-37-21(32)14-39-27-30-29-26(28)31(27)19-12-11-16(15-9-10-15)17-7-5-6-8-18(17)19/h5-8,11-12,15,20,22-25H,9-10,13-14H2,1-4H3/t20?,22-,23?,24+,25-/m1/s1. The van der Waals surface area contributed by atoms with E-state index >= 15 is 0 Å². The molecule has 10 nitrogen and oxygen atoms in total. The Bertz CT molecular complexity index is 1300. The minimum absolute atomic E-state index is 0.0301. The van der Waals surface area contributed by atoms with Gasteiger partial charge in [0.25, 0.3) is 0 Å². The Morgan fingerprint density at radius 2 is 1.69 bits per heavy atom. The van der Waals surface area contributed by atoms with E-state index in [1.807, 2.05) is 10.6 Å². The lowest BCUT2D eigenvalue weighted by Crippen LogP contribution is -2.61. The summed E-state index contributed by atoms with van der Waals surface area (Å²) in [5, 5.41) is 11.4. The molecule has 0 bridgehead atoms. The van der Waals surface area contributed by atoms with Gasteiger partial charge < -0.3 is 28.4 Å². The summed E-state index contributed by atoms with van der Waals surface area (Å²) in [6.45, 7) is -0.0301. The molecule has 5 atom stereocenters. The number of nitrogens with zero attached hydrogens (tertiary/aromatic N) is 3. The predicted molar refractivity (Wildman–Crippen MR) is 148 cm³/mol. The van der Waals surface area contributed by atoms with Crippen molar-refractivity contribution < 1.29 is 33.2 Å². The van der Waals surface area contributed by atoms with Gasteiger partial charge in [-0.25, -0.2) is 0 Å². The first-order chi connectivity index (χ1) is 19.0. The first kappa shape index (κ1) is 28.5. The molecule has 3 aromatic rings. The van der Waals surface area contributed by atoms with Crippen LogP contribution >= 0.6 is 27.7 Å². The van der Waals surface area contributed by atoms with Crippen LogP contribution in [0.15, 0.2) is 46.3 Å².